The number of aromatic nitrogens is 4. The van der Waals surface area contributed by atoms with Crippen molar-refractivity contribution < 1.29 is 0 Å². The Bertz CT molecular complexity index is 1050. The lowest BCUT2D eigenvalue weighted by Crippen LogP contribution is -2.09. The number of fused-ring (bicyclic) bond motifs is 1. The lowest BCUT2D eigenvalue weighted by molar-refractivity contribution is 0.888. The third-order valence-corrected chi connectivity index (χ3v) is 4.69. The van der Waals surface area contributed by atoms with Crippen LogP contribution in [0.3, 0.4) is 0 Å². The Kier molecular flexibility index (Phi) is 4.13. The number of aryl methyl sites for hydroxylation is 2. The van der Waals surface area contributed by atoms with Crippen LogP contribution in [0, 0.1) is 20.8 Å². The van der Waals surface area contributed by atoms with Crippen LogP contribution in [-0.2, 0) is 6.54 Å². The van der Waals surface area contributed by atoms with Crippen molar-refractivity contribution in [1.29, 1.82) is 0 Å². The van der Waals surface area contributed by atoms with Crippen LogP contribution in [0.5, 0.6) is 0 Å². The van der Waals surface area contributed by atoms with Crippen molar-refractivity contribution in [2.75, 3.05) is 5.32 Å². The van der Waals surface area contributed by atoms with Crippen molar-refractivity contribution in [3.8, 4) is 11.1 Å². The molecule has 0 aliphatic carbocycles. The van der Waals surface area contributed by atoms with E-state index in [0.717, 1.165) is 39.5 Å². The third kappa shape index (κ3) is 2.81. The number of hydrogen-bond donors (Lipinski definition) is 1. The van der Waals surface area contributed by atoms with Gasteiger partial charge in [0.2, 0.25) is 0 Å². The molecular weight excluding hydrogens is 322 g/mol. The lowest BCUT2D eigenvalue weighted by Gasteiger charge is -2.13. The van der Waals surface area contributed by atoms with E-state index in [1.807, 2.05) is 61.1 Å². The molecule has 0 aliphatic rings. The summed E-state index contributed by atoms with van der Waals surface area (Å²) in [6.45, 7) is 6.87. The minimum Gasteiger partial charge on any atom is -0.366 e. The summed E-state index contributed by atoms with van der Waals surface area (Å²) >= 11 is 0. The third-order valence-electron chi connectivity index (χ3n) is 4.69. The van der Waals surface area contributed by atoms with Gasteiger partial charge >= 0.3 is 0 Å². The van der Waals surface area contributed by atoms with Crippen molar-refractivity contribution in [1.82, 2.24) is 19.6 Å². The summed E-state index contributed by atoms with van der Waals surface area (Å²) in [4.78, 5) is 8.91. The molecule has 5 heteroatoms. The topological polar surface area (TPSA) is 55.1 Å². The van der Waals surface area contributed by atoms with Gasteiger partial charge in [-0.15, -0.1) is 0 Å². The first kappa shape index (κ1) is 16.3. The molecule has 0 fully saturated rings. The van der Waals surface area contributed by atoms with E-state index in [0.29, 0.717) is 6.54 Å². The number of nitrogens with zero attached hydrogens (tertiary/aromatic N) is 4. The van der Waals surface area contributed by atoms with Crippen LogP contribution < -0.4 is 5.32 Å². The second kappa shape index (κ2) is 6.59. The van der Waals surface area contributed by atoms with Crippen LogP contribution in [0.4, 0.5) is 5.82 Å². The first-order valence-electron chi connectivity index (χ1n) is 8.70. The molecule has 0 atom stereocenters. The highest BCUT2D eigenvalue weighted by Crippen LogP contribution is 2.30. The quantitative estimate of drug-likeness (QED) is 0.599. The maximum Gasteiger partial charge on any atom is 0.165 e. The van der Waals surface area contributed by atoms with E-state index >= 15 is 0 Å². The Morgan fingerprint density at radius 3 is 2.38 bits per heavy atom. The van der Waals surface area contributed by atoms with Gasteiger partial charge in [-0.05, 0) is 44.0 Å². The van der Waals surface area contributed by atoms with E-state index in [9.17, 15) is 0 Å². The van der Waals surface area contributed by atoms with Crippen LogP contribution in [0.25, 0.3) is 16.8 Å². The van der Waals surface area contributed by atoms with E-state index in [1.165, 1.54) is 5.56 Å². The summed E-state index contributed by atoms with van der Waals surface area (Å²) in [6.07, 6.45) is 3.62. The molecule has 0 amide bonds. The zero-order chi connectivity index (χ0) is 18.1. The molecule has 130 valence electrons. The predicted molar refractivity (Wildman–Crippen MR) is 104 cm³/mol. The first-order valence-corrected chi connectivity index (χ1v) is 8.70. The number of anilines is 1. The monoisotopic (exact) mass is 343 g/mol. The number of nitrogens with one attached hydrogen (secondary N) is 1. The molecule has 0 bridgehead atoms. The summed E-state index contributed by atoms with van der Waals surface area (Å²) in [5, 5.41) is 8.32. The van der Waals surface area contributed by atoms with Crippen molar-refractivity contribution in [3.63, 3.8) is 0 Å². The van der Waals surface area contributed by atoms with Gasteiger partial charge in [0.15, 0.2) is 5.65 Å². The second-order valence-corrected chi connectivity index (χ2v) is 6.44. The van der Waals surface area contributed by atoms with Gasteiger partial charge in [-0.3, -0.25) is 4.98 Å². The Labute approximate surface area is 152 Å². The molecule has 4 rings (SSSR count). The van der Waals surface area contributed by atoms with Crippen LogP contribution in [0.1, 0.15) is 22.5 Å². The number of benzene rings is 1. The van der Waals surface area contributed by atoms with Gasteiger partial charge in [0.1, 0.15) is 5.82 Å². The smallest absolute Gasteiger partial charge is 0.165 e. The molecule has 0 radical (unpaired) electrons. The summed E-state index contributed by atoms with van der Waals surface area (Å²) in [6, 6.07) is 14.3. The summed E-state index contributed by atoms with van der Waals surface area (Å²) in [5.41, 5.74) is 7.36. The van der Waals surface area contributed by atoms with E-state index in [-0.39, 0.29) is 0 Å². The van der Waals surface area contributed by atoms with Gasteiger partial charge in [-0.2, -0.15) is 9.61 Å². The molecule has 1 aromatic carbocycles. The minimum absolute atomic E-state index is 0.710. The van der Waals surface area contributed by atoms with Gasteiger partial charge in [-0.1, -0.05) is 30.3 Å². The SMILES string of the molecule is Cc1nc2c(-c3ccccc3)c(C)nn2c(NCc2ccncc2)c1C. The molecule has 0 saturated carbocycles. The molecule has 3 aromatic heterocycles. The molecule has 0 unspecified atom stereocenters. The molecular formula is C21H21N5. The largest absolute Gasteiger partial charge is 0.366 e. The molecule has 4 aromatic rings. The molecule has 0 aliphatic heterocycles. The highest BCUT2D eigenvalue weighted by molar-refractivity contribution is 5.81. The Morgan fingerprint density at radius 2 is 1.65 bits per heavy atom. The van der Waals surface area contributed by atoms with Crippen LogP contribution >= 0.6 is 0 Å². The van der Waals surface area contributed by atoms with Crippen LogP contribution in [0.2, 0.25) is 0 Å². The van der Waals surface area contributed by atoms with E-state index < -0.39 is 0 Å². The number of rotatable bonds is 4. The fourth-order valence-corrected chi connectivity index (χ4v) is 3.18. The predicted octanol–water partition coefficient (Wildman–Crippen LogP) is 4.33. The van der Waals surface area contributed by atoms with E-state index in [4.69, 9.17) is 10.1 Å². The molecule has 0 spiro atoms. The fraction of sp³-hybridized carbons (Fsp3) is 0.190. The highest BCUT2D eigenvalue weighted by atomic mass is 15.3. The van der Waals surface area contributed by atoms with Crippen molar-refractivity contribution in [3.05, 3.63) is 77.4 Å². The van der Waals surface area contributed by atoms with Crippen molar-refractivity contribution in [2.45, 2.75) is 27.3 Å². The lowest BCUT2D eigenvalue weighted by atomic mass is 10.1. The standard InChI is InChI=1S/C21H21N5/c1-14-15(2)24-21-19(18-7-5-4-6-8-18)16(3)25-26(21)20(14)23-13-17-9-11-22-12-10-17/h4-12,23H,13H2,1-3H3. The van der Waals surface area contributed by atoms with Gasteiger partial charge in [0, 0.05) is 35.8 Å². The minimum atomic E-state index is 0.710. The number of pyridine rings is 1. The Morgan fingerprint density at radius 1 is 0.923 bits per heavy atom. The molecule has 3 heterocycles. The summed E-state index contributed by atoms with van der Waals surface area (Å²) in [5.74, 6) is 0.981. The fourth-order valence-electron chi connectivity index (χ4n) is 3.18. The summed E-state index contributed by atoms with van der Waals surface area (Å²) in [7, 11) is 0. The highest BCUT2D eigenvalue weighted by Gasteiger charge is 2.18. The van der Waals surface area contributed by atoms with Crippen LogP contribution in [0.15, 0.2) is 54.9 Å². The van der Waals surface area contributed by atoms with Gasteiger partial charge in [0.05, 0.1) is 5.69 Å². The molecule has 0 saturated heterocycles. The summed E-state index contributed by atoms with van der Waals surface area (Å²) < 4.78 is 1.93. The van der Waals surface area contributed by atoms with Gasteiger partial charge in [0.25, 0.3) is 0 Å². The second-order valence-electron chi connectivity index (χ2n) is 6.44. The maximum atomic E-state index is 4.84. The average molecular weight is 343 g/mol. The van der Waals surface area contributed by atoms with E-state index in [2.05, 4.69) is 29.4 Å². The molecule has 5 nitrogen and oxygen atoms in total. The zero-order valence-electron chi connectivity index (χ0n) is 15.2. The van der Waals surface area contributed by atoms with Crippen molar-refractivity contribution in [2.24, 2.45) is 0 Å². The average Bonchev–Trinajstić information content (AvgIpc) is 2.99. The first-order chi connectivity index (χ1) is 12.6. The maximum absolute atomic E-state index is 4.84. The van der Waals surface area contributed by atoms with E-state index in [1.54, 1.807) is 0 Å². The van der Waals surface area contributed by atoms with Gasteiger partial charge in [-0.25, -0.2) is 4.98 Å². The zero-order valence-corrected chi connectivity index (χ0v) is 15.2. The molecule has 1 N–H and O–H groups in total. The van der Waals surface area contributed by atoms with Crippen LogP contribution in [-0.4, -0.2) is 19.6 Å². The van der Waals surface area contributed by atoms with Crippen molar-refractivity contribution >= 4 is 11.5 Å². The molecule has 26 heavy (non-hydrogen) atoms. The Hall–Kier alpha value is -3.21. The number of hydrogen-bond acceptors (Lipinski definition) is 4. The normalized spacial score (nSPS) is 11.0. The Balaban J connectivity index is 1.84. The van der Waals surface area contributed by atoms with Gasteiger partial charge < -0.3 is 5.32 Å².